The molecule has 126 valence electrons. The quantitative estimate of drug-likeness (QED) is 0.757. The molecule has 0 saturated heterocycles. The Morgan fingerprint density at radius 2 is 1.75 bits per heavy atom. The second-order valence-corrected chi connectivity index (χ2v) is 5.58. The number of amides is 2. The second-order valence-electron chi connectivity index (χ2n) is 5.17. The lowest BCUT2D eigenvalue weighted by molar-refractivity contribution is -0.123. The minimum absolute atomic E-state index is 0.0896. The molecular weight excluding hydrogens is 328 g/mol. The van der Waals surface area contributed by atoms with Crippen LogP contribution >= 0.6 is 11.6 Å². The SMILES string of the molecule is Cc1cc(OCC(=O)NCCNC(=O)c2ccccc2)ccc1Cl. The zero-order valence-electron chi connectivity index (χ0n) is 13.3. The first-order chi connectivity index (χ1) is 11.6. The fraction of sp³-hybridized carbons (Fsp3) is 0.222. The normalized spacial score (nSPS) is 10.1. The van der Waals surface area contributed by atoms with E-state index >= 15 is 0 Å². The van der Waals surface area contributed by atoms with Crippen LogP contribution in [0.4, 0.5) is 0 Å². The number of rotatable bonds is 7. The summed E-state index contributed by atoms with van der Waals surface area (Å²) < 4.78 is 5.39. The number of hydrogen-bond donors (Lipinski definition) is 2. The summed E-state index contributed by atoms with van der Waals surface area (Å²) in [6.45, 7) is 2.46. The fourth-order valence-corrected chi connectivity index (χ4v) is 2.09. The van der Waals surface area contributed by atoms with Gasteiger partial charge in [0.2, 0.25) is 0 Å². The van der Waals surface area contributed by atoms with Gasteiger partial charge in [0.15, 0.2) is 6.61 Å². The molecule has 0 bridgehead atoms. The highest BCUT2D eigenvalue weighted by Gasteiger charge is 2.05. The van der Waals surface area contributed by atoms with Gasteiger partial charge in [0.1, 0.15) is 5.75 Å². The van der Waals surface area contributed by atoms with Gasteiger partial charge in [-0.15, -0.1) is 0 Å². The number of nitrogens with one attached hydrogen (secondary N) is 2. The van der Waals surface area contributed by atoms with Crippen molar-refractivity contribution in [1.29, 1.82) is 0 Å². The second kappa shape index (κ2) is 8.93. The molecule has 2 aromatic rings. The van der Waals surface area contributed by atoms with Crippen LogP contribution in [0.3, 0.4) is 0 Å². The molecule has 2 amide bonds. The number of benzene rings is 2. The molecule has 0 aromatic heterocycles. The van der Waals surface area contributed by atoms with E-state index < -0.39 is 0 Å². The summed E-state index contributed by atoms with van der Waals surface area (Å²) in [4.78, 5) is 23.5. The molecule has 0 unspecified atom stereocenters. The molecule has 0 saturated carbocycles. The highest BCUT2D eigenvalue weighted by atomic mass is 35.5. The third kappa shape index (κ3) is 5.59. The lowest BCUT2D eigenvalue weighted by atomic mass is 10.2. The van der Waals surface area contributed by atoms with E-state index in [1.165, 1.54) is 0 Å². The van der Waals surface area contributed by atoms with Crippen molar-refractivity contribution in [3.05, 3.63) is 64.7 Å². The summed E-state index contributed by atoms with van der Waals surface area (Å²) in [5.41, 5.74) is 1.48. The zero-order valence-corrected chi connectivity index (χ0v) is 14.1. The van der Waals surface area contributed by atoms with Gasteiger partial charge in [-0.2, -0.15) is 0 Å². The van der Waals surface area contributed by atoms with Crippen LogP contribution in [0, 0.1) is 6.92 Å². The maximum absolute atomic E-state index is 11.8. The van der Waals surface area contributed by atoms with E-state index in [4.69, 9.17) is 16.3 Å². The molecule has 0 spiro atoms. The maximum Gasteiger partial charge on any atom is 0.258 e. The number of halogens is 1. The number of aryl methyl sites for hydroxylation is 1. The van der Waals surface area contributed by atoms with E-state index in [1.807, 2.05) is 13.0 Å². The van der Waals surface area contributed by atoms with Crippen LogP contribution in [-0.4, -0.2) is 31.5 Å². The van der Waals surface area contributed by atoms with Crippen molar-refractivity contribution in [2.45, 2.75) is 6.92 Å². The minimum atomic E-state index is -0.253. The van der Waals surface area contributed by atoms with Crippen molar-refractivity contribution in [3.63, 3.8) is 0 Å². The van der Waals surface area contributed by atoms with Crippen LogP contribution in [0.2, 0.25) is 5.02 Å². The summed E-state index contributed by atoms with van der Waals surface area (Å²) in [5, 5.41) is 6.07. The number of carbonyl (C=O) groups excluding carboxylic acids is 2. The third-order valence-corrected chi connectivity index (χ3v) is 3.69. The average Bonchev–Trinajstić information content (AvgIpc) is 2.60. The Bertz CT molecular complexity index is 705. The summed E-state index contributed by atoms with van der Waals surface area (Å²) in [5.74, 6) is 0.165. The number of ether oxygens (including phenoxy) is 1. The minimum Gasteiger partial charge on any atom is -0.484 e. The van der Waals surface area contributed by atoms with Crippen molar-refractivity contribution in [1.82, 2.24) is 10.6 Å². The first-order valence-electron chi connectivity index (χ1n) is 7.55. The van der Waals surface area contributed by atoms with Crippen molar-refractivity contribution in [2.24, 2.45) is 0 Å². The van der Waals surface area contributed by atoms with E-state index in [2.05, 4.69) is 10.6 Å². The molecule has 24 heavy (non-hydrogen) atoms. The van der Waals surface area contributed by atoms with Crippen LogP contribution < -0.4 is 15.4 Å². The average molecular weight is 347 g/mol. The van der Waals surface area contributed by atoms with Gasteiger partial charge < -0.3 is 15.4 Å². The van der Waals surface area contributed by atoms with Crippen LogP contribution in [0.5, 0.6) is 5.75 Å². The van der Waals surface area contributed by atoms with Crippen molar-refractivity contribution in [2.75, 3.05) is 19.7 Å². The fourth-order valence-electron chi connectivity index (χ4n) is 1.98. The highest BCUT2D eigenvalue weighted by Crippen LogP contribution is 2.20. The molecule has 0 fully saturated rings. The molecule has 2 rings (SSSR count). The lowest BCUT2D eigenvalue weighted by Gasteiger charge is -2.09. The Morgan fingerprint density at radius 1 is 1.04 bits per heavy atom. The van der Waals surface area contributed by atoms with E-state index in [1.54, 1.807) is 42.5 Å². The summed E-state index contributed by atoms with van der Waals surface area (Å²) in [6, 6.07) is 14.1. The maximum atomic E-state index is 11.8. The van der Waals surface area contributed by atoms with Crippen LogP contribution in [0.15, 0.2) is 48.5 Å². The van der Waals surface area contributed by atoms with Gasteiger partial charge in [0.05, 0.1) is 0 Å². The Morgan fingerprint density at radius 3 is 2.46 bits per heavy atom. The van der Waals surface area contributed by atoms with Crippen molar-refractivity contribution >= 4 is 23.4 Å². The van der Waals surface area contributed by atoms with Gasteiger partial charge in [-0.1, -0.05) is 29.8 Å². The topological polar surface area (TPSA) is 67.4 Å². The van der Waals surface area contributed by atoms with Gasteiger partial charge in [0, 0.05) is 23.7 Å². The van der Waals surface area contributed by atoms with Gasteiger partial charge in [-0.3, -0.25) is 9.59 Å². The van der Waals surface area contributed by atoms with E-state index in [0.29, 0.717) is 29.4 Å². The molecule has 0 aliphatic heterocycles. The zero-order chi connectivity index (χ0) is 17.4. The smallest absolute Gasteiger partial charge is 0.258 e. The van der Waals surface area contributed by atoms with Crippen molar-refractivity contribution in [3.8, 4) is 5.75 Å². The van der Waals surface area contributed by atoms with Gasteiger partial charge in [-0.25, -0.2) is 0 Å². The Kier molecular flexibility index (Phi) is 6.63. The molecule has 2 N–H and O–H groups in total. The molecule has 5 nitrogen and oxygen atoms in total. The monoisotopic (exact) mass is 346 g/mol. The van der Waals surface area contributed by atoms with Crippen molar-refractivity contribution < 1.29 is 14.3 Å². The highest BCUT2D eigenvalue weighted by molar-refractivity contribution is 6.31. The van der Waals surface area contributed by atoms with Crippen LogP contribution in [0.1, 0.15) is 15.9 Å². The predicted molar refractivity (Wildman–Crippen MR) is 93.5 cm³/mol. The summed E-state index contributed by atoms with van der Waals surface area (Å²) in [6.07, 6.45) is 0. The number of carbonyl (C=O) groups is 2. The van der Waals surface area contributed by atoms with Crippen LogP contribution in [0.25, 0.3) is 0 Å². The molecule has 0 heterocycles. The van der Waals surface area contributed by atoms with Gasteiger partial charge >= 0.3 is 0 Å². The molecular formula is C18H19ClN2O3. The summed E-state index contributed by atoms with van der Waals surface area (Å²) in [7, 11) is 0. The molecule has 0 aliphatic rings. The summed E-state index contributed by atoms with van der Waals surface area (Å²) >= 11 is 5.93. The largest absolute Gasteiger partial charge is 0.484 e. The Labute approximate surface area is 146 Å². The van der Waals surface area contributed by atoms with Gasteiger partial charge in [0.25, 0.3) is 11.8 Å². The first kappa shape index (κ1) is 17.8. The first-order valence-corrected chi connectivity index (χ1v) is 7.93. The molecule has 6 heteroatoms. The standard InChI is InChI=1S/C18H19ClN2O3/c1-13-11-15(7-8-16(13)19)24-12-17(22)20-9-10-21-18(23)14-5-3-2-4-6-14/h2-8,11H,9-10,12H2,1H3,(H,20,22)(H,21,23). The van der Waals surface area contributed by atoms with E-state index in [0.717, 1.165) is 5.56 Å². The molecule has 0 radical (unpaired) electrons. The lowest BCUT2D eigenvalue weighted by Crippen LogP contribution is -2.36. The molecule has 0 aliphatic carbocycles. The Hall–Kier alpha value is -2.53. The third-order valence-electron chi connectivity index (χ3n) is 3.27. The molecule has 0 atom stereocenters. The molecule has 2 aromatic carbocycles. The van der Waals surface area contributed by atoms with Crippen LogP contribution in [-0.2, 0) is 4.79 Å². The van der Waals surface area contributed by atoms with E-state index in [9.17, 15) is 9.59 Å². The van der Waals surface area contributed by atoms with Gasteiger partial charge in [-0.05, 0) is 42.8 Å². The van der Waals surface area contributed by atoms with E-state index in [-0.39, 0.29) is 18.4 Å². The predicted octanol–water partition coefficient (Wildman–Crippen LogP) is 2.57. The number of hydrogen-bond acceptors (Lipinski definition) is 3. The Balaban J connectivity index is 1.64.